The maximum atomic E-state index is 13.4. The third kappa shape index (κ3) is 4.82. The fraction of sp³-hybridized carbons (Fsp3) is 0.412. The number of Topliss-reactive ketones (excluding diaryl/α,β-unsaturated/α-hetero) is 1. The van der Waals surface area contributed by atoms with Gasteiger partial charge in [-0.3, -0.25) is 14.6 Å². The molecule has 1 aliphatic carbocycles. The molecule has 0 saturated heterocycles. The van der Waals surface area contributed by atoms with Gasteiger partial charge in [0.15, 0.2) is 6.29 Å². The highest BCUT2D eigenvalue weighted by molar-refractivity contribution is 6.11. The smallest absolute Gasteiger partial charge is 0.375 e. The Morgan fingerprint density at radius 3 is 2.68 bits per heavy atom. The number of nitrogens with zero attached hydrogens (tertiary/aromatic N) is 1. The average Bonchev–Trinajstić information content (AvgIpc) is 3.67. The van der Waals surface area contributed by atoms with Gasteiger partial charge in [0, 0.05) is 29.9 Å². The van der Waals surface area contributed by atoms with Crippen molar-refractivity contribution in [3.8, 4) is 17.2 Å². The summed E-state index contributed by atoms with van der Waals surface area (Å²) in [6.07, 6.45) is 3.08. The van der Waals surface area contributed by atoms with Crippen LogP contribution < -0.4 is 24.8 Å². The number of ether oxygens (including phenoxy) is 4. The largest absolute Gasteiger partial charge is 0.496 e. The Morgan fingerprint density at radius 1 is 1.20 bits per heavy atom. The van der Waals surface area contributed by atoms with Gasteiger partial charge in [-0.05, 0) is 56.5 Å². The van der Waals surface area contributed by atoms with Gasteiger partial charge in [-0.15, -0.1) is 0 Å². The second-order valence-electron chi connectivity index (χ2n) is 11.9. The number of ketones is 1. The third-order valence-corrected chi connectivity index (χ3v) is 8.79. The molecule has 230 valence electrons. The number of aliphatic hydroxyl groups is 2. The lowest BCUT2D eigenvalue weighted by atomic mass is 9.75. The van der Waals surface area contributed by atoms with Crippen molar-refractivity contribution in [3.63, 3.8) is 0 Å². The molecule has 10 nitrogen and oxygen atoms in total. The number of hydrogen-bond acceptors (Lipinski definition) is 10. The Bertz CT molecular complexity index is 1780. The fourth-order valence-electron chi connectivity index (χ4n) is 6.61. The van der Waals surface area contributed by atoms with Crippen molar-refractivity contribution in [1.29, 1.82) is 0 Å². The van der Waals surface area contributed by atoms with Crippen molar-refractivity contribution in [3.05, 3.63) is 67.9 Å². The topological polar surface area (TPSA) is 141 Å². The molecule has 10 heteroatoms. The monoisotopic (exact) mass is 601 g/mol. The van der Waals surface area contributed by atoms with Crippen LogP contribution in [0.15, 0.2) is 40.1 Å². The molecule has 4 aliphatic rings. The average molecular weight is 602 g/mol. The van der Waals surface area contributed by atoms with Crippen LogP contribution in [0, 0.1) is 0 Å². The van der Waals surface area contributed by atoms with Gasteiger partial charge in [-0.1, -0.05) is 17.7 Å². The summed E-state index contributed by atoms with van der Waals surface area (Å²) in [5, 5.41) is 23.3. The normalized spacial score (nSPS) is 22.2. The van der Waals surface area contributed by atoms with E-state index in [0.717, 1.165) is 21.7 Å². The summed E-state index contributed by atoms with van der Waals surface area (Å²) in [4.78, 5) is 43.9. The molecule has 3 heterocycles. The highest BCUT2D eigenvalue weighted by Gasteiger charge is 2.44. The minimum atomic E-state index is -1.22. The Balaban J connectivity index is 1.60. The lowest BCUT2D eigenvalue weighted by molar-refractivity contribution is -0.141. The molecule has 2 aromatic carbocycles. The molecule has 44 heavy (non-hydrogen) atoms. The fourth-order valence-corrected chi connectivity index (χ4v) is 6.61. The first kappa shape index (κ1) is 29.8. The van der Waals surface area contributed by atoms with Crippen LogP contribution in [0.5, 0.6) is 17.2 Å². The van der Waals surface area contributed by atoms with Crippen LogP contribution in [0.3, 0.4) is 0 Å². The number of aldehydes is 1. The van der Waals surface area contributed by atoms with Gasteiger partial charge in [-0.25, -0.2) is 4.79 Å². The van der Waals surface area contributed by atoms with E-state index in [1.807, 2.05) is 24.3 Å². The number of aliphatic hydroxyl groups excluding tert-OH is 1. The minimum Gasteiger partial charge on any atom is -0.496 e. The zero-order chi connectivity index (χ0) is 31.3. The number of hydrogen-bond donors (Lipinski definition) is 2. The van der Waals surface area contributed by atoms with Crippen LogP contribution in [0.25, 0.3) is 11.6 Å². The predicted molar refractivity (Wildman–Crippen MR) is 159 cm³/mol. The van der Waals surface area contributed by atoms with Crippen LogP contribution in [-0.4, -0.2) is 60.2 Å². The van der Waals surface area contributed by atoms with E-state index in [-0.39, 0.29) is 47.9 Å². The molecule has 0 spiro atoms. The van der Waals surface area contributed by atoms with E-state index in [1.165, 1.54) is 7.11 Å². The number of carbonyl (C=O) groups excluding carboxylic acids is 3. The molecule has 2 N–H and O–H groups in total. The summed E-state index contributed by atoms with van der Waals surface area (Å²) < 4.78 is 23.5. The van der Waals surface area contributed by atoms with Crippen LogP contribution in [0.2, 0.25) is 0 Å². The first-order chi connectivity index (χ1) is 21.1. The van der Waals surface area contributed by atoms with E-state index < -0.39 is 30.2 Å². The number of fused-ring (bicyclic) bond motifs is 3. The van der Waals surface area contributed by atoms with Gasteiger partial charge in [0.1, 0.15) is 29.1 Å². The van der Waals surface area contributed by atoms with Gasteiger partial charge >= 0.3 is 5.97 Å². The van der Waals surface area contributed by atoms with E-state index >= 15 is 0 Å². The molecule has 3 aliphatic heterocycles. The SMILES string of the molecule is CCOC(=O)C1=C(C=O)/C(=C2\CCC(=O)[C@@H](c3ccc4c(c3)=CCN=4)C2)c2c(OC)c3c(c(CO)c2O1)O[C@H](C(C)(C)O)C3. The molecule has 1 fully saturated rings. The van der Waals surface area contributed by atoms with Gasteiger partial charge in [-0.2, -0.15) is 0 Å². The van der Waals surface area contributed by atoms with Gasteiger partial charge < -0.3 is 29.2 Å². The zero-order valence-corrected chi connectivity index (χ0v) is 25.2. The van der Waals surface area contributed by atoms with Crippen LogP contribution in [0.1, 0.15) is 68.2 Å². The second kappa shape index (κ2) is 11.3. The van der Waals surface area contributed by atoms with E-state index in [1.54, 1.807) is 20.8 Å². The quantitative estimate of drug-likeness (QED) is 0.362. The molecule has 0 amide bonds. The zero-order valence-electron chi connectivity index (χ0n) is 25.2. The van der Waals surface area contributed by atoms with Crippen molar-refractivity contribution in [2.75, 3.05) is 20.3 Å². The standard InChI is InChI=1S/C34H35NO9/c1-5-42-33(39)32-22(15-36)27(19-7-9-25(38)20(13-19)17-6-8-24-18(12-17)10-11-35-24)28-30(41-4)21-14-26(34(2,3)40)43-29(21)23(16-37)31(28)44-32/h6,8,10,12,15,20,26,37,40H,5,7,9,11,13-14,16H2,1-4H3/b27-19-/t20-,26+/m1/s1. The molecule has 0 radical (unpaired) electrons. The lowest BCUT2D eigenvalue weighted by Crippen LogP contribution is -2.39. The summed E-state index contributed by atoms with van der Waals surface area (Å²) in [6.45, 7) is 5.04. The first-order valence-corrected chi connectivity index (χ1v) is 14.8. The molecule has 6 rings (SSSR count). The highest BCUT2D eigenvalue weighted by atomic mass is 16.6. The Labute approximate surface area is 254 Å². The summed E-state index contributed by atoms with van der Waals surface area (Å²) in [6, 6.07) is 5.83. The van der Waals surface area contributed by atoms with Gasteiger partial charge in [0.2, 0.25) is 5.76 Å². The van der Waals surface area contributed by atoms with Crippen LogP contribution >= 0.6 is 0 Å². The van der Waals surface area contributed by atoms with Crippen LogP contribution in [0.4, 0.5) is 0 Å². The molecular weight excluding hydrogens is 566 g/mol. The second-order valence-corrected chi connectivity index (χ2v) is 11.9. The maximum absolute atomic E-state index is 13.4. The number of carbonyl (C=O) groups is 3. The maximum Gasteiger partial charge on any atom is 0.375 e. The molecule has 2 atom stereocenters. The van der Waals surface area contributed by atoms with Crippen molar-refractivity contribution in [1.82, 2.24) is 0 Å². The predicted octanol–water partition coefficient (Wildman–Crippen LogP) is 2.37. The van der Waals surface area contributed by atoms with E-state index in [4.69, 9.17) is 18.9 Å². The summed E-state index contributed by atoms with van der Waals surface area (Å²) in [7, 11) is 1.48. The van der Waals surface area contributed by atoms with Gasteiger partial charge in [0.25, 0.3) is 0 Å². The van der Waals surface area contributed by atoms with Crippen molar-refractivity contribution >= 4 is 29.7 Å². The summed E-state index contributed by atoms with van der Waals surface area (Å²) >= 11 is 0. The molecule has 1 saturated carbocycles. The molecular formula is C34H35NO9. The third-order valence-electron chi connectivity index (χ3n) is 8.79. The van der Waals surface area contributed by atoms with Crippen molar-refractivity contribution in [2.24, 2.45) is 4.99 Å². The van der Waals surface area contributed by atoms with Crippen molar-refractivity contribution < 1.29 is 43.5 Å². The summed E-state index contributed by atoms with van der Waals surface area (Å²) in [5.41, 5.74) is 2.08. The molecule has 0 unspecified atom stereocenters. The van der Waals surface area contributed by atoms with Crippen molar-refractivity contribution in [2.45, 2.75) is 70.7 Å². The highest BCUT2D eigenvalue weighted by Crippen LogP contribution is 2.56. The van der Waals surface area contributed by atoms with Crippen LogP contribution in [-0.2, 0) is 32.1 Å². The number of rotatable bonds is 7. The molecule has 0 aromatic heterocycles. The molecule has 2 aromatic rings. The number of benzene rings is 2. The molecule has 0 bridgehead atoms. The first-order valence-electron chi connectivity index (χ1n) is 14.8. The minimum absolute atomic E-state index is 0.0137. The lowest BCUT2D eigenvalue weighted by Gasteiger charge is -2.32. The number of esters is 1. The van der Waals surface area contributed by atoms with E-state index in [0.29, 0.717) is 53.9 Å². The summed E-state index contributed by atoms with van der Waals surface area (Å²) in [5.74, 6) is -0.780. The van der Waals surface area contributed by atoms with E-state index in [2.05, 4.69) is 4.99 Å². The number of allylic oxidation sites excluding steroid dienone is 3. The Morgan fingerprint density at radius 2 is 2.00 bits per heavy atom. The van der Waals surface area contributed by atoms with Gasteiger partial charge in [0.05, 0.1) is 54.5 Å². The van der Waals surface area contributed by atoms with E-state index in [9.17, 15) is 24.6 Å². The number of methoxy groups -OCH3 is 1. The Hall–Kier alpha value is -4.28. The Kier molecular flexibility index (Phi) is 7.67.